The summed E-state index contributed by atoms with van der Waals surface area (Å²) in [5.74, 6) is 1.32. The minimum absolute atomic E-state index is 0.0138. The molecule has 0 bridgehead atoms. The van der Waals surface area contributed by atoms with Crippen LogP contribution in [0.5, 0.6) is 0 Å². The van der Waals surface area contributed by atoms with Crippen molar-refractivity contribution in [3.8, 4) is 0 Å². The average Bonchev–Trinajstić information content (AvgIpc) is 2.45. The lowest BCUT2D eigenvalue weighted by molar-refractivity contribution is -0.129. The first-order chi connectivity index (χ1) is 10.6. The molecule has 1 saturated heterocycles. The van der Waals surface area contributed by atoms with Gasteiger partial charge in [-0.3, -0.25) is 4.79 Å². The summed E-state index contributed by atoms with van der Waals surface area (Å²) in [5.41, 5.74) is 0. The summed E-state index contributed by atoms with van der Waals surface area (Å²) in [7, 11) is -4.20. The van der Waals surface area contributed by atoms with Gasteiger partial charge in [-0.2, -0.15) is 42.8 Å². The van der Waals surface area contributed by atoms with Crippen molar-refractivity contribution in [2.75, 3.05) is 31.1 Å². The molecular formula is C12H22F3N3O3S2. The van der Waals surface area contributed by atoms with Crippen LogP contribution in [0.25, 0.3) is 0 Å². The highest BCUT2D eigenvalue weighted by Crippen LogP contribution is 2.15. The monoisotopic (exact) mass is 377 g/mol. The molecule has 0 saturated carbocycles. The molecule has 136 valence electrons. The maximum Gasteiger partial charge on any atom is 0.402 e. The van der Waals surface area contributed by atoms with Gasteiger partial charge >= 0.3 is 6.18 Å². The number of hydrogen-bond acceptors (Lipinski definition) is 4. The molecule has 6 nitrogen and oxygen atoms in total. The van der Waals surface area contributed by atoms with E-state index in [1.165, 1.54) is 4.72 Å². The van der Waals surface area contributed by atoms with Crippen LogP contribution in [0.2, 0.25) is 0 Å². The standard InChI is InChI=1S/C12H22F3N3O3S2/c1-2-7-22-8-11(19)18-5-3-10(4-6-18)17-23(20,21)16-9-12(13,14)15/h10,16-17H,2-9H2,1H3. The van der Waals surface area contributed by atoms with Crippen molar-refractivity contribution < 1.29 is 26.4 Å². The van der Waals surface area contributed by atoms with Gasteiger partial charge in [0.15, 0.2) is 0 Å². The lowest BCUT2D eigenvalue weighted by Crippen LogP contribution is -2.50. The Morgan fingerprint density at radius 2 is 1.91 bits per heavy atom. The van der Waals surface area contributed by atoms with Crippen LogP contribution in [0.15, 0.2) is 0 Å². The second-order valence-corrected chi connectivity index (χ2v) is 7.90. The van der Waals surface area contributed by atoms with Gasteiger partial charge in [-0.1, -0.05) is 6.92 Å². The maximum absolute atomic E-state index is 12.0. The van der Waals surface area contributed by atoms with Crippen LogP contribution in [0.1, 0.15) is 26.2 Å². The van der Waals surface area contributed by atoms with Crippen LogP contribution >= 0.6 is 11.8 Å². The second kappa shape index (κ2) is 9.09. The maximum atomic E-state index is 12.0. The van der Waals surface area contributed by atoms with Crippen LogP contribution in [-0.4, -0.2) is 62.6 Å². The summed E-state index contributed by atoms with van der Waals surface area (Å²) >= 11 is 1.56. The first-order valence-electron chi connectivity index (χ1n) is 7.32. The van der Waals surface area contributed by atoms with Crippen LogP contribution < -0.4 is 9.44 Å². The number of carbonyl (C=O) groups excluding carboxylic acids is 1. The molecule has 0 radical (unpaired) electrons. The van der Waals surface area contributed by atoms with Gasteiger partial charge in [0.25, 0.3) is 10.2 Å². The Bertz CT molecular complexity index is 478. The topological polar surface area (TPSA) is 78.5 Å². The molecule has 0 unspecified atom stereocenters. The van der Waals surface area contributed by atoms with Crippen LogP contribution in [0.3, 0.4) is 0 Å². The molecule has 11 heteroatoms. The highest BCUT2D eigenvalue weighted by molar-refractivity contribution is 7.99. The Morgan fingerprint density at radius 3 is 2.43 bits per heavy atom. The largest absolute Gasteiger partial charge is 0.402 e. The van der Waals surface area contributed by atoms with Crippen LogP contribution in [0, 0.1) is 0 Å². The average molecular weight is 377 g/mol. The first-order valence-corrected chi connectivity index (χ1v) is 9.96. The Morgan fingerprint density at radius 1 is 1.30 bits per heavy atom. The molecule has 1 heterocycles. The van der Waals surface area contributed by atoms with E-state index < -0.39 is 29.0 Å². The number of likely N-dealkylation sites (tertiary alicyclic amines) is 1. The summed E-state index contributed by atoms with van der Waals surface area (Å²) in [6.45, 7) is 1.23. The molecule has 23 heavy (non-hydrogen) atoms. The molecule has 1 fully saturated rings. The van der Waals surface area contributed by atoms with E-state index in [2.05, 4.69) is 4.72 Å². The highest BCUT2D eigenvalue weighted by Gasteiger charge is 2.31. The molecule has 0 aromatic rings. The Kier molecular flexibility index (Phi) is 8.11. The molecular weight excluding hydrogens is 355 g/mol. The summed E-state index contributed by atoms with van der Waals surface area (Å²) < 4.78 is 62.8. The van der Waals surface area contributed by atoms with Gasteiger partial charge in [-0.15, -0.1) is 0 Å². The molecule has 0 aromatic heterocycles. The van der Waals surface area contributed by atoms with E-state index in [-0.39, 0.29) is 5.91 Å². The summed E-state index contributed by atoms with van der Waals surface area (Å²) in [4.78, 5) is 13.6. The van der Waals surface area contributed by atoms with Crippen molar-refractivity contribution in [3.63, 3.8) is 0 Å². The fourth-order valence-electron chi connectivity index (χ4n) is 2.08. The summed E-state index contributed by atoms with van der Waals surface area (Å²) in [6.07, 6.45) is -2.83. The van der Waals surface area contributed by atoms with E-state index in [1.807, 2.05) is 6.92 Å². The van der Waals surface area contributed by atoms with E-state index in [4.69, 9.17) is 0 Å². The van der Waals surface area contributed by atoms with Crippen molar-refractivity contribution in [1.82, 2.24) is 14.3 Å². The van der Waals surface area contributed by atoms with Gasteiger partial charge in [-0.25, -0.2) is 0 Å². The van der Waals surface area contributed by atoms with E-state index in [0.717, 1.165) is 12.2 Å². The van der Waals surface area contributed by atoms with Gasteiger partial charge in [0.05, 0.1) is 5.75 Å². The number of alkyl halides is 3. The predicted molar refractivity (Wildman–Crippen MR) is 83.3 cm³/mol. The number of thioether (sulfide) groups is 1. The van der Waals surface area contributed by atoms with Gasteiger partial charge in [0, 0.05) is 19.1 Å². The van der Waals surface area contributed by atoms with Gasteiger partial charge < -0.3 is 4.90 Å². The van der Waals surface area contributed by atoms with E-state index >= 15 is 0 Å². The van der Waals surface area contributed by atoms with E-state index in [0.29, 0.717) is 31.7 Å². The number of nitrogens with zero attached hydrogens (tertiary/aromatic N) is 1. The predicted octanol–water partition coefficient (Wildman–Crippen LogP) is 1.11. The number of nitrogens with one attached hydrogen (secondary N) is 2. The van der Waals surface area contributed by atoms with Gasteiger partial charge in [-0.05, 0) is 25.0 Å². The van der Waals surface area contributed by atoms with Gasteiger partial charge in [0.2, 0.25) is 5.91 Å². The minimum atomic E-state index is -4.60. The molecule has 0 atom stereocenters. The molecule has 0 spiro atoms. The Hall–Kier alpha value is -0.520. The van der Waals surface area contributed by atoms with Crippen LogP contribution in [-0.2, 0) is 15.0 Å². The fourth-order valence-corrected chi connectivity index (χ4v) is 3.98. The van der Waals surface area contributed by atoms with Crippen LogP contribution in [0.4, 0.5) is 13.2 Å². The molecule has 0 aliphatic carbocycles. The first kappa shape index (κ1) is 20.5. The SMILES string of the molecule is CCCSCC(=O)N1CCC(NS(=O)(=O)NCC(F)(F)F)CC1. The summed E-state index contributed by atoms with van der Waals surface area (Å²) in [6, 6.07) is -0.465. The Balaban J connectivity index is 2.34. The zero-order valence-electron chi connectivity index (χ0n) is 12.9. The summed E-state index contributed by atoms with van der Waals surface area (Å²) in [5, 5.41) is 0. The molecule has 1 amide bonds. The lowest BCUT2D eigenvalue weighted by atomic mass is 10.1. The fraction of sp³-hybridized carbons (Fsp3) is 0.917. The third-order valence-electron chi connectivity index (χ3n) is 3.21. The van der Waals surface area contributed by atoms with Crippen molar-refractivity contribution in [2.24, 2.45) is 0 Å². The van der Waals surface area contributed by atoms with E-state index in [9.17, 15) is 26.4 Å². The molecule has 1 aliphatic rings. The van der Waals surface area contributed by atoms with Crippen molar-refractivity contribution in [1.29, 1.82) is 0 Å². The molecule has 1 rings (SSSR count). The number of halogens is 3. The molecule has 1 aliphatic heterocycles. The second-order valence-electron chi connectivity index (χ2n) is 5.27. The lowest BCUT2D eigenvalue weighted by Gasteiger charge is -2.32. The normalized spacial score (nSPS) is 17.5. The smallest absolute Gasteiger partial charge is 0.342 e. The number of rotatable bonds is 8. The van der Waals surface area contributed by atoms with Crippen molar-refractivity contribution in [3.05, 3.63) is 0 Å². The highest BCUT2D eigenvalue weighted by atomic mass is 32.2. The van der Waals surface area contributed by atoms with Crippen molar-refractivity contribution >= 4 is 27.9 Å². The number of piperidine rings is 1. The quantitative estimate of drug-likeness (QED) is 0.621. The minimum Gasteiger partial charge on any atom is -0.342 e. The number of hydrogen-bond donors (Lipinski definition) is 2. The van der Waals surface area contributed by atoms with Crippen molar-refractivity contribution in [2.45, 2.75) is 38.4 Å². The zero-order valence-corrected chi connectivity index (χ0v) is 14.5. The molecule has 0 aromatic carbocycles. The number of carbonyl (C=O) groups is 1. The van der Waals surface area contributed by atoms with E-state index in [1.54, 1.807) is 16.7 Å². The Labute approximate surface area is 138 Å². The third-order valence-corrected chi connectivity index (χ3v) is 5.52. The number of amides is 1. The van der Waals surface area contributed by atoms with Gasteiger partial charge in [0.1, 0.15) is 6.54 Å². The zero-order chi connectivity index (χ0) is 17.5. The molecule has 2 N–H and O–H groups in total. The third kappa shape index (κ3) is 8.77.